The second kappa shape index (κ2) is 12.3. The minimum absolute atomic E-state index is 0. The molecule has 150 valence electrons. The molecule has 0 saturated heterocycles. The van der Waals surface area contributed by atoms with E-state index < -0.39 is 10.0 Å². The lowest BCUT2D eigenvalue weighted by Gasteiger charge is -2.23. The van der Waals surface area contributed by atoms with Gasteiger partial charge in [0, 0.05) is 40.8 Å². The molecule has 0 saturated carbocycles. The number of nitrogens with zero attached hydrogens (tertiary/aromatic N) is 3. The first-order valence-electron chi connectivity index (χ1n) is 8.32. The Bertz CT molecular complexity index is 650. The molecule has 1 rings (SSSR count). The van der Waals surface area contributed by atoms with Crippen LogP contribution >= 0.6 is 24.0 Å². The van der Waals surface area contributed by atoms with Crippen LogP contribution in [0.15, 0.2) is 29.3 Å². The van der Waals surface area contributed by atoms with Gasteiger partial charge in [-0.1, -0.05) is 12.1 Å². The van der Waals surface area contributed by atoms with Gasteiger partial charge in [-0.25, -0.2) is 12.7 Å². The summed E-state index contributed by atoms with van der Waals surface area (Å²) in [7, 11) is 3.85. The number of halogens is 1. The summed E-state index contributed by atoms with van der Waals surface area (Å²) in [4.78, 5) is 6.30. The largest absolute Gasteiger partial charge is 0.497 e. The molecular weight excluding hydrogens is 467 g/mol. The van der Waals surface area contributed by atoms with E-state index in [4.69, 9.17) is 4.74 Å². The lowest BCUT2D eigenvalue weighted by atomic mass is 10.2. The van der Waals surface area contributed by atoms with E-state index in [9.17, 15) is 8.42 Å². The zero-order valence-electron chi connectivity index (χ0n) is 16.2. The molecule has 1 aromatic carbocycles. The van der Waals surface area contributed by atoms with E-state index >= 15 is 0 Å². The third-order valence-corrected chi connectivity index (χ3v) is 5.79. The number of sulfonamides is 1. The van der Waals surface area contributed by atoms with Crippen LogP contribution in [0, 0.1) is 0 Å². The van der Waals surface area contributed by atoms with Gasteiger partial charge in [-0.05, 0) is 31.0 Å². The fourth-order valence-corrected chi connectivity index (χ4v) is 3.17. The minimum Gasteiger partial charge on any atom is -0.497 e. The normalized spacial score (nSPS) is 11.8. The first kappa shape index (κ1) is 24.9. The molecule has 0 aliphatic carbocycles. The summed E-state index contributed by atoms with van der Waals surface area (Å²) in [5, 5.41) is 3.27. The van der Waals surface area contributed by atoms with Gasteiger partial charge in [-0.3, -0.25) is 4.99 Å². The Kier molecular flexibility index (Phi) is 11.8. The summed E-state index contributed by atoms with van der Waals surface area (Å²) in [6.45, 7) is 3.51. The highest BCUT2D eigenvalue weighted by Gasteiger charge is 2.14. The molecule has 0 aliphatic heterocycles. The van der Waals surface area contributed by atoms with Crippen molar-refractivity contribution in [1.82, 2.24) is 14.5 Å². The van der Waals surface area contributed by atoms with Crippen LogP contribution < -0.4 is 10.1 Å². The van der Waals surface area contributed by atoms with Gasteiger partial charge in [0.25, 0.3) is 0 Å². The van der Waals surface area contributed by atoms with Crippen molar-refractivity contribution < 1.29 is 13.2 Å². The molecule has 0 aliphatic rings. The molecule has 0 heterocycles. The van der Waals surface area contributed by atoms with Gasteiger partial charge in [-0.2, -0.15) is 0 Å². The number of hydrogen-bond acceptors (Lipinski definition) is 4. The second-order valence-corrected chi connectivity index (χ2v) is 8.12. The summed E-state index contributed by atoms with van der Waals surface area (Å²) in [6.07, 6.45) is 0.713. The van der Waals surface area contributed by atoms with Crippen LogP contribution in [-0.2, 0) is 16.6 Å². The Balaban J connectivity index is 0.00000625. The maximum Gasteiger partial charge on any atom is 0.213 e. The monoisotopic (exact) mass is 498 g/mol. The van der Waals surface area contributed by atoms with Crippen molar-refractivity contribution in [2.45, 2.75) is 19.9 Å². The average molecular weight is 498 g/mol. The summed E-state index contributed by atoms with van der Waals surface area (Å²) >= 11 is 0. The number of nitrogens with one attached hydrogen (secondary N) is 1. The molecule has 0 spiro atoms. The fraction of sp³-hybridized carbons (Fsp3) is 0.588. The van der Waals surface area contributed by atoms with E-state index in [-0.39, 0.29) is 29.7 Å². The Morgan fingerprint density at radius 2 is 1.85 bits per heavy atom. The topological polar surface area (TPSA) is 74.2 Å². The van der Waals surface area contributed by atoms with E-state index in [0.717, 1.165) is 17.3 Å². The van der Waals surface area contributed by atoms with Crippen LogP contribution in [0.1, 0.15) is 18.9 Å². The SMILES string of the molecule is CCS(=O)(=O)N(C)CCCNC(=NC)N(C)Cc1ccc(OC)cc1.I. The Hall–Kier alpha value is -1.07. The predicted octanol–water partition coefficient (Wildman–Crippen LogP) is 1.99. The number of rotatable bonds is 9. The van der Waals surface area contributed by atoms with Crippen molar-refractivity contribution in [2.24, 2.45) is 4.99 Å². The third-order valence-electron chi connectivity index (χ3n) is 3.92. The lowest BCUT2D eigenvalue weighted by molar-refractivity contribution is 0.414. The fourth-order valence-electron chi connectivity index (χ4n) is 2.33. The zero-order chi connectivity index (χ0) is 18.9. The number of aliphatic imine (C=N–C) groups is 1. The summed E-state index contributed by atoms with van der Waals surface area (Å²) in [5.41, 5.74) is 1.15. The highest BCUT2D eigenvalue weighted by molar-refractivity contribution is 14.0. The van der Waals surface area contributed by atoms with Gasteiger partial charge in [0.15, 0.2) is 5.96 Å². The van der Waals surface area contributed by atoms with Gasteiger partial charge >= 0.3 is 0 Å². The molecular formula is C17H31IN4O3S. The van der Waals surface area contributed by atoms with Crippen molar-refractivity contribution >= 4 is 40.0 Å². The number of guanidine groups is 1. The average Bonchev–Trinajstić information content (AvgIpc) is 2.61. The maximum absolute atomic E-state index is 11.7. The Labute approximate surface area is 174 Å². The van der Waals surface area contributed by atoms with Crippen LogP contribution in [0.25, 0.3) is 0 Å². The maximum atomic E-state index is 11.7. The van der Waals surface area contributed by atoms with Gasteiger partial charge in [-0.15, -0.1) is 24.0 Å². The van der Waals surface area contributed by atoms with Crippen molar-refractivity contribution in [1.29, 1.82) is 0 Å². The third kappa shape index (κ3) is 8.09. The van der Waals surface area contributed by atoms with Crippen LogP contribution in [0.5, 0.6) is 5.75 Å². The Morgan fingerprint density at radius 1 is 1.23 bits per heavy atom. The molecule has 0 fully saturated rings. The van der Waals surface area contributed by atoms with Gasteiger partial charge in [0.2, 0.25) is 10.0 Å². The van der Waals surface area contributed by atoms with Crippen LogP contribution in [-0.4, -0.2) is 70.7 Å². The molecule has 1 aromatic rings. The van der Waals surface area contributed by atoms with E-state index in [2.05, 4.69) is 10.3 Å². The molecule has 26 heavy (non-hydrogen) atoms. The smallest absolute Gasteiger partial charge is 0.213 e. The summed E-state index contributed by atoms with van der Waals surface area (Å²) < 4.78 is 30.0. The number of methoxy groups -OCH3 is 1. The Morgan fingerprint density at radius 3 is 2.35 bits per heavy atom. The first-order valence-corrected chi connectivity index (χ1v) is 9.93. The molecule has 0 radical (unpaired) electrons. The number of hydrogen-bond donors (Lipinski definition) is 1. The molecule has 0 unspecified atom stereocenters. The predicted molar refractivity (Wildman–Crippen MR) is 118 cm³/mol. The minimum atomic E-state index is -3.11. The summed E-state index contributed by atoms with van der Waals surface area (Å²) in [6, 6.07) is 7.91. The highest BCUT2D eigenvalue weighted by atomic mass is 127. The molecule has 9 heteroatoms. The van der Waals surface area contributed by atoms with E-state index in [1.165, 1.54) is 4.31 Å². The number of benzene rings is 1. The van der Waals surface area contributed by atoms with Crippen molar-refractivity contribution in [3.8, 4) is 5.75 Å². The highest BCUT2D eigenvalue weighted by Crippen LogP contribution is 2.12. The molecule has 0 bridgehead atoms. The van der Waals surface area contributed by atoms with Gasteiger partial charge < -0.3 is 15.0 Å². The van der Waals surface area contributed by atoms with Gasteiger partial charge in [0.05, 0.1) is 12.9 Å². The van der Waals surface area contributed by atoms with Gasteiger partial charge in [0.1, 0.15) is 5.75 Å². The standard InChI is InChI=1S/C17H30N4O3S.HI/c1-6-25(22,23)21(4)13-7-12-19-17(18-2)20(3)14-15-8-10-16(24-5)11-9-15;/h8-11H,6-7,12-14H2,1-5H3,(H,18,19);1H. The molecule has 1 N–H and O–H groups in total. The van der Waals surface area contributed by atoms with Crippen LogP contribution in [0.2, 0.25) is 0 Å². The van der Waals surface area contributed by atoms with E-state index in [1.54, 1.807) is 28.1 Å². The molecule has 0 aromatic heterocycles. The second-order valence-electron chi connectivity index (χ2n) is 5.75. The molecule has 0 amide bonds. The van der Waals surface area contributed by atoms with Crippen LogP contribution in [0.4, 0.5) is 0 Å². The first-order chi connectivity index (χ1) is 11.8. The van der Waals surface area contributed by atoms with E-state index in [0.29, 0.717) is 26.1 Å². The van der Waals surface area contributed by atoms with Crippen molar-refractivity contribution in [3.63, 3.8) is 0 Å². The lowest BCUT2D eigenvalue weighted by Crippen LogP contribution is -2.40. The van der Waals surface area contributed by atoms with E-state index in [1.807, 2.05) is 36.2 Å². The number of ether oxygens (including phenoxy) is 1. The zero-order valence-corrected chi connectivity index (χ0v) is 19.4. The molecule has 0 atom stereocenters. The van der Waals surface area contributed by atoms with Crippen LogP contribution in [0.3, 0.4) is 0 Å². The summed E-state index contributed by atoms with van der Waals surface area (Å²) in [5.74, 6) is 1.74. The van der Waals surface area contributed by atoms with Crippen molar-refractivity contribution in [3.05, 3.63) is 29.8 Å². The molecule has 7 nitrogen and oxygen atoms in total. The quantitative estimate of drug-likeness (QED) is 0.244. The van der Waals surface area contributed by atoms with Crippen molar-refractivity contribution in [2.75, 3.05) is 47.1 Å².